The van der Waals surface area contributed by atoms with E-state index in [-0.39, 0.29) is 30.2 Å². The quantitative estimate of drug-likeness (QED) is 0.291. The number of carbonyl (C=O) groups excluding carboxylic acids is 2. The highest BCUT2D eigenvalue weighted by molar-refractivity contribution is 7.98. The van der Waals surface area contributed by atoms with Crippen molar-refractivity contribution in [1.29, 1.82) is 5.41 Å². The van der Waals surface area contributed by atoms with Crippen LogP contribution in [-0.4, -0.2) is 44.3 Å². The zero-order valence-corrected chi connectivity index (χ0v) is 18.5. The van der Waals surface area contributed by atoms with Gasteiger partial charge in [-0.15, -0.1) is 24.2 Å². The van der Waals surface area contributed by atoms with Crippen LogP contribution >= 0.6 is 24.2 Å². The highest BCUT2D eigenvalue weighted by Gasteiger charge is 2.31. The molecule has 0 aliphatic carbocycles. The number of amidine groups is 1. The van der Waals surface area contributed by atoms with E-state index in [1.54, 1.807) is 33.7 Å². The van der Waals surface area contributed by atoms with Gasteiger partial charge in [-0.3, -0.25) is 20.0 Å². The number of esters is 1. The summed E-state index contributed by atoms with van der Waals surface area (Å²) < 4.78 is 4.70. The number of nitrogens with zero attached hydrogens (tertiary/aromatic N) is 2. The minimum atomic E-state index is -0.235. The number of nitrogens with two attached hydrogens (primary N) is 1. The topological polar surface area (TPSA) is 99.7 Å². The molecule has 30 heavy (non-hydrogen) atoms. The van der Waals surface area contributed by atoms with Gasteiger partial charge in [0.15, 0.2) is 0 Å². The van der Waals surface area contributed by atoms with Crippen LogP contribution in [0.4, 0.5) is 16.2 Å². The summed E-state index contributed by atoms with van der Waals surface area (Å²) in [5, 5.41) is 7.49. The van der Waals surface area contributed by atoms with E-state index in [0.29, 0.717) is 31.5 Å². The average molecular weight is 449 g/mol. The van der Waals surface area contributed by atoms with E-state index in [9.17, 15) is 9.59 Å². The molecule has 1 saturated heterocycles. The van der Waals surface area contributed by atoms with Gasteiger partial charge < -0.3 is 10.5 Å². The van der Waals surface area contributed by atoms with Gasteiger partial charge >= 0.3 is 12.0 Å². The summed E-state index contributed by atoms with van der Waals surface area (Å²) >= 11 is 1.57. The van der Waals surface area contributed by atoms with Crippen LogP contribution in [-0.2, 0) is 16.0 Å². The largest absolute Gasteiger partial charge is 0.469 e. The Bertz CT molecular complexity index is 936. The molecule has 0 bridgehead atoms. The fourth-order valence-corrected chi connectivity index (χ4v) is 3.93. The SMILES string of the molecule is COC(=O)CCc1ccc(N2CCN(c3ccc(C(=N)N)cc3)C2=O)c(SC)c1.Cl. The fourth-order valence-electron chi connectivity index (χ4n) is 3.27. The maximum Gasteiger partial charge on any atom is 0.329 e. The number of methoxy groups -OCH3 is 1. The van der Waals surface area contributed by atoms with Gasteiger partial charge in [-0.25, -0.2) is 4.79 Å². The second-order valence-corrected chi connectivity index (χ2v) is 7.48. The predicted molar refractivity (Wildman–Crippen MR) is 123 cm³/mol. The van der Waals surface area contributed by atoms with Gasteiger partial charge in [0.2, 0.25) is 0 Å². The minimum Gasteiger partial charge on any atom is -0.469 e. The number of aryl methyl sites for hydroxylation is 1. The molecule has 1 heterocycles. The molecule has 7 nitrogen and oxygen atoms in total. The standard InChI is InChI=1S/C21H24N4O3S.ClH/c1-28-19(26)10-4-14-3-9-17(18(13-14)29-2)25-12-11-24(21(25)27)16-7-5-15(6-8-16)20(22)23;/h3,5-9,13H,4,10-12H2,1-2H3,(H3,22,23);1H. The maximum atomic E-state index is 13.0. The Kier molecular flexibility index (Phi) is 8.14. The molecule has 2 aromatic carbocycles. The second kappa shape index (κ2) is 10.4. The zero-order valence-electron chi connectivity index (χ0n) is 16.9. The van der Waals surface area contributed by atoms with Crippen LogP contribution in [0.3, 0.4) is 0 Å². The van der Waals surface area contributed by atoms with Crippen molar-refractivity contribution in [1.82, 2.24) is 0 Å². The summed E-state index contributed by atoms with van der Waals surface area (Å²) in [6.45, 7) is 1.17. The lowest BCUT2D eigenvalue weighted by atomic mass is 10.1. The molecule has 3 rings (SSSR count). The van der Waals surface area contributed by atoms with Crippen LogP contribution in [0, 0.1) is 5.41 Å². The molecule has 0 radical (unpaired) electrons. The second-order valence-electron chi connectivity index (χ2n) is 6.63. The van der Waals surface area contributed by atoms with Crippen LogP contribution in [0.15, 0.2) is 47.4 Å². The molecule has 0 unspecified atom stereocenters. The molecule has 1 fully saturated rings. The van der Waals surface area contributed by atoms with Crippen molar-refractivity contribution in [3.63, 3.8) is 0 Å². The van der Waals surface area contributed by atoms with Crippen molar-refractivity contribution in [2.75, 3.05) is 36.3 Å². The van der Waals surface area contributed by atoms with E-state index < -0.39 is 0 Å². The van der Waals surface area contributed by atoms with Gasteiger partial charge in [-0.2, -0.15) is 0 Å². The number of hydrogen-bond acceptors (Lipinski definition) is 5. The number of carbonyl (C=O) groups is 2. The van der Waals surface area contributed by atoms with Crippen LogP contribution in [0.5, 0.6) is 0 Å². The lowest BCUT2D eigenvalue weighted by molar-refractivity contribution is -0.140. The molecule has 0 aromatic heterocycles. The number of rotatable bonds is 7. The van der Waals surface area contributed by atoms with Crippen LogP contribution in [0.2, 0.25) is 0 Å². The van der Waals surface area contributed by atoms with Gasteiger partial charge in [-0.05, 0) is 54.6 Å². The van der Waals surface area contributed by atoms with Crippen molar-refractivity contribution in [3.8, 4) is 0 Å². The number of ether oxygens (including phenoxy) is 1. The molecule has 0 saturated carbocycles. The third-order valence-corrected chi connectivity index (χ3v) is 5.65. The molecule has 2 amide bonds. The number of thioether (sulfide) groups is 1. The van der Waals surface area contributed by atoms with Crippen molar-refractivity contribution < 1.29 is 14.3 Å². The number of hydrogen-bond donors (Lipinski definition) is 2. The summed E-state index contributed by atoms with van der Waals surface area (Å²) in [6, 6.07) is 13.0. The molecule has 3 N–H and O–H groups in total. The van der Waals surface area contributed by atoms with Crippen LogP contribution < -0.4 is 15.5 Å². The first-order chi connectivity index (χ1) is 13.9. The molecule has 1 aliphatic rings. The first-order valence-corrected chi connectivity index (χ1v) is 10.4. The molecular weight excluding hydrogens is 424 g/mol. The smallest absolute Gasteiger partial charge is 0.329 e. The van der Waals surface area contributed by atoms with E-state index in [2.05, 4.69) is 0 Å². The van der Waals surface area contributed by atoms with E-state index in [1.807, 2.05) is 36.6 Å². The average Bonchev–Trinajstić information content (AvgIpc) is 3.12. The highest BCUT2D eigenvalue weighted by Crippen LogP contribution is 2.33. The fraction of sp³-hybridized carbons (Fsp3) is 0.286. The molecule has 0 atom stereocenters. The van der Waals surface area contributed by atoms with Gasteiger partial charge in [0, 0.05) is 35.7 Å². The van der Waals surface area contributed by atoms with E-state index in [0.717, 1.165) is 21.8 Å². The summed E-state index contributed by atoms with van der Waals surface area (Å²) in [7, 11) is 1.39. The Hall–Kier alpha value is -2.71. The number of benzene rings is 2. The Labute approximate surface area is 186 Å². The maximum absolute atomic E-state index is 13.0. The van der Waals surface area contributed by atoms with E-state index in [4.69, 9.17) is 15.9 Å². The monoisotopic (exact) mass is 448 g/mol. The first kappa shape index (κ1) is 23.6. The molecular formula is C21H25ClN4O3S. The van der Waals surface area contributed by atoms with E-state index >= 15 is 0 Å². The Morgan fingerprint density at radius 2 is 1.83 bits per heavy atom. The number of anilines is 2. The van der Waals surface area contributed by atoms with Crippen molar-refractivity contribution in [2.24, 2.45) is 5.73 Å². The Morgan fingerprint density at radius 1 is 1.17 bits per heavy atom. The third kappa shape index (κ3) is 5.06. The van der Waals surface area contributed by atoms with Crippen LogP contribution in [0.1, 0.15) is 17.5 Å². The lowest BCUT2D eigenvalue weighted by Gasteiger charge is -2.21. The van der Waals surface area contributed by atoms with Gasteiger partial charge in [0.25, 0.3) is 0 Å². The number of halogens is 1. The van der Waals surface area contributed by atoms with Gasteiger partial charge in [-0.1, -0.05) is 6.07 Å². The number of nitrogens with one attached hydrogen (secondary N) is 1. The van der Waals surface area contributed by atoms with Crippen LogP contribution in [0.25, 0.3) is 0 Å². The third-order valence-electron chi connectivity index (χ3n) is 4.88. The summed E-state index contributed by atoms with van der Waals surface area (Å²) in [5.74, 6) is -0.233. The van der Waals surface area contributed by atoms with Crippen molar-refractivity contribution in [3.05, 3.63) is 53.6 Å². The molecule has 9 heteroatoms. The normalized spacial score (nSPS) is 13.2. The minimum absolute atomic E-state index is 0. The Balaban J connectivity index is 0.00000320. The van der Waals surface area contributed by atoms with Crippen molar-refractivity contribution in [2.45, 2.75) is 17.7 Å². The van der Waals surface area contributed by atoms with Gasteiger partial charge in [0.1, 0.15) is 5.84 Å². The number of amides is 2. The predicted octanol–water partition coefficient (Wildman–Crippen LogP) is 3.67. The highest BCUT2D eigenvalue weighted by atomic mass is 35.5. The molecule has 1 aliphatic heterocycles. The first-order valence-electron chi connectivity index (χ1n) is 9.22. The van der Waals surface area contributed by atoms with E-state index in [1.165, 1.54) is 7.11 Å². The Morgan fingerprint density at radius 3 is 2.43 bits per heavy atom. The molecule has 2 aromatic rings. The summed E-state index contributed by atoms with van der Waals surface area (Å²) in [6.07, 6.45) is 2.90. The molecule has 160 valence electrons. The van der Waals surface area contributed by atoms with Crippen molar-refractivity contribution >= 4 is 53.4 Å². The summed E-state index contributed by atoms with van der Waals surface area (Å²) in [4.78, 5) is 28.9. The summed E-state index contributed by atoms with van der Waals surface area (Å²) in [5.41, 5.74) is 8.81. The lowest BCUT2D eigenvalue weighted by Crippen LogP contribution is -2.32. The number of nitrogen functional groups attached to an aromatic ring is 1. The van der Waals surface area contributed by atoms with Gasteiger partial charge in [0.05, 0.1) is 12.8 Å². The number of urea groups is 1. The zero-order chi connectivity index (χ0) is 21.0. The molecule has 0 spiro atoms.